The highest BCUT2D eigenvalue weighted by Gasteiger charge is 2.13. The van der Waals surface area contributed by atoms with E-state index in [0.717, 1.165) is 11.8 Å². The van der Waals surface area contributed by atoms with Gasteiger partial charge in [0.1, 0.15) is 0 Å². The van der Waals surface area contributed by atoms with Crippen LogP contribution < -0.4 is 0 Å². The summed E-state index contributed by atoms with van der Waals surface area (Å²) >= 11 is 0. The van der Waals surface area contributed by atoms with Crippen LogP contribution in [0, 0.1) is 39.5 Å². The van der Waals surface area contributed by atoms with Crippen LogP contribution in [0.1, 0.15) is 78.1 Å². The second kappa shape index (κ2) is 10.0. The molecule has 0 radical (unpaired) electrons. The van der Waals surface area contributed by atoms with Crippen molar-refractivity contribution in [1.82, 2.24) is 0 Å². The minimum Gasteiger partial charge on any atom is -0.0776 e. The lowest BCUT2D eigenvalue weighted by Crippen LogP contribution is -2.08. The van der Waals surface area contributed by atoms with E-state index in [2.05, 4.69) is 53.7 Å². The third-order valence-corrected chi connectivity index (χ3v) is 4.38. The van der Waals surface area contributed by atoms with E-state index in [1.807, 2.05) is 0 Å². The van der Waals surface area contributed by atoms with Crippen molar-refractivity contribution in [1.29, 1.82) is 0 Å². The van der Waals surface area contributed by atoms with Gasteiger partial charge in [0.2, 0.25) is 0 Å². The molecule has 0 N–H and O–H groups in total. The molecule has 1 aliphatic rings. The first-order valence-corrected chi connectivity index (χ1v) is 7.44. The molecular weight excluding hydrogens is 240 g/mol. The molecule has 0 saturated heterocycles. The van der Waals surface area contributed by atoms with Crippen molar-refractivity contribution >= 4 is 0 Å². The topological polar surface area (TPSA) is 0 Å². The van der Waals surface area contributed by atoms with Gasteiger partial charge in [-0.15, -0.1) is 0 Å². The van der Waals surface area contributed by atoms with E-state index in [1.165, 1.54) is 47.9 Å². The fourth-order valence-electron chi connectivity index (χ4n) is 2.68. The largest absolute Gasteiger partial charge is 0.0776 e. The van der Waals surface area contributed by atoms with Crippen LogP contribution in [0.2, 0.25) is 0 Å². The zero-order chi connectivity index (χ0) is 13.7. The van der Waals surface area contributed by atoms with Gasteiger partial charge in [-0.05, 0) is 56.2 Å². The summed E-state index contributed by atoms with van der Waals surface area (Å²) in [4.78, 5) is 0. The molecule has 0 aliphatic heterocycles. The third-order valence-electron chi connectivity index (χ3n) is 4.38. The van der Waals surface area contributed by atoms with Crippen LogP contribution in [0.5, 0.6) is 0 Å². The van der Waals surface area contributed by atoms with Crippen LogP contribution in [-0.4, -0.2) is 0 Å². The van der Waals surface area contributed by atoms with Gasteiger partial charge >= 0.3 is 0 Å². The van der Waals surface area contributed by atoms with Gasteiger partial charge in [0.25, 0.3) is 0 Å². The zero-order valence-corrected chi connectivity index (χ0v) is 13.1. The Kier molecular flexibility index (Phi) is 10.8. The van der Waals surface area contributed by atoms with Crippen molar-refractivity contribution in [2.24, 2.45) is 11.8 Å². The summed E-state index contributed by atoms with van der Waals surface area (Å²) in [6.45, 7) is 13.4. The van der Waals surface area contributed by atoms with Crippen molar-refractivity contribution in [3.63, 3.8) is 0 Å². The molecule has 1 fully saturated rings. The molecule has 0 bridgehead atoms. The van der Waals surface area contributed by atoms with Crippen LogP contribution in [0.25, 0.3) is 0 Å². The molecule has 0 nitrogen and oxygen atoms in total. The fraction of sp³-hybridized carbons (Fsp3) is 0.700. The van der Waals surface area contributed by atoms with Crippen LogP contribution >= 0.6 is 0 Å². The number of hydrogen-bond acceptors (Lipinski definition) is 0. The number of hydrogen-bond donors (Lipinski definition) is 0. The lowest BCUT2D eigenvalue weighted by molar-refractivity contribution is 0.308. The molecule has 1 aliphatic carbocycles. The Morgan fingerprint density at radius 3 is 1.35 bits per heavy atom. The van der Waals surface area contributed by atoms with E-state index in [0.29, 0.717) is 0 Å². The Morgan fingerprint density at radius 2 is 1.05 bits per heavy atom. The molecule has 120 valence electrons. The molecule has 0 atom stereocenters. The minimum absolute atomic E-state index is 0. The molecule has 0 spiro atoms. The van der Waals surface area contributed by atoms with Gasteiger partial charge in [0, 0.05) is 1.43 Å². The molecule has 0 unspecified atom stereocenters. The van der Waals surface area contributed by atoms with E-state index in [-0.39, 0.29) is 16.3 Å². The summed E-state index contributed by atoms with van der Waals surface area (Å²) in [5.74, 6) is 2.04. The van der Waals surface area contributed by atoms with E-state index >= 15 is 0 Å². The molecule has 1 aromatic rings. The van der Waals surface area contributed by atoms with E-state index in [4.69, 9.17) is 0 Å². The highest BCUT2D eigenvalue weighted by molar-refractivity contribution is 5.35. The maximum Gasteiger partial charge on any atom is 0 e. The maximum absolute atomic E-state index is 2.37. The zero-order valence-electron chi connectivity index (χ0n) is 13.1. The average molecular weight is 281 g/mol. The lowest BCUT2D eigenvalue weighted by atomic mass is 9.84. The number of aryl methyl sites for hydroxylation is 3. The van der Waals surface area contributed by atoms with Gasteiger partial charge in [-0.1, -0.05) is 72.1 Å². The molecule has 2 rings (SSSR count). The Labute approximate surface area is 130 Å². The predicted molar refractivity (Wildman–Crippen MR) is 97.8 cm³/mol. The Morgan fingerprint density at radius 1 is 0.750 bits per heavy atom. The van der Waals surface area contributed by atoms with Gasteiger partial charge in [-0.2, -0.15) is 0 Å². The first-order chi connectivity index (χ1) is 8.40. The van der Waals surface area contributed by atoms with Gasteiger partial charge in [0.05, 0.1) is 0 Å². The van der Waals surface area contributed by atoms with Crippen LogP contribution in [-0.2, 0) is 0 Å². The summed E-state index contributed by atoms with van der Waals surface area (Å²) in [5, 5.41) is 0. The monoisotopic (exact) mass is 280 g/mol. The van der Waals surface area contributed by atoms with Gasteiger partial charge in [-0.3, -0.25) is 0 Å². The minimum atomic E-state index is 0. The quantitative estimate of drug-likeness (QED) is 0.468. The normalized spacial score (nSPS) is 20.9. The Balaban J connectivity index is -0.000000274. The molecule has 0 amide bonds. The SMILES string of the molecule is C.C.CC1CCC(C)CC1.Cc1cc(C)c(C)c(C)c1.[HH]. The Bertz CT molecular complexity index is 340. The lowest BCUT2D eigenvalue weighted by Gasteiger charge is -2.22. The van der Waals surface area contributed by atoms with Crippen molar-refractivity contribution in [3.05, 3.63) is 34.4 Å². The van der Waals surface area contributed by atoms with Crippen molar-refractivity contribution in [2.45, 2.75) is 82.1 Å². The molecule has 20 heavy (non-hydrogen) atoms. The summed E-state index contributed by atoms with van der Waals surface area (Å²) < 4.78 is 0. The molecule has 0 heterocycles. The second-order valence-corrected chi connectivity index (χ2v) is 6.39. The second-order valence-electron chi connectivity index (χ2n) is 6.39. The maximum atomic E-state index is 2.37. The van der Waals surface area contributed by atoms with Crippen LogP contribution in [0.15, 0.2) is 12.1 Å². The first-order valence-electron chi connectivity index (χ1n) is 7.44. The third kappa shape index (κ3) is 7.12. The number of benzene rings is 1. The molecule has 0 aromatic heterocycles. The predicted octanol–water partition coefficient (Wildman–Crippen LogP) is 7.27. The van der Waals surface area contributed by atoms with E-state index < -0.39 is 0 Å². The summed E-state index contributed by atoms with van der Waals surface area (Å²) in [7, 11) is 0. The smallest absolute Gasteiger partial charge is 0 e. The molecule has 0 heteroatoms. The van der Waals surface area contributed by atoms with Crippen molar-refractivity contribution < 1.29 is 1.43 Å². The molecular formula is C20H40. The van der Waals surface area contributed by atoms with Gasteiger partial charge < -0.3 is 0 Å². The van der Waals surface area contributed by atoms with Crippen molar-refractivity contribution in [3.8, 4) is 0 Å². The summed E-state index contributed by atoms with van der Waals surface area (Å²) in [6.07, 6.45) is 5.89. The van der Waals surface area contributed by atoms with E-state index in [1.54, 1.807) is 0 Å². The highest BCUT2D eigenvalue weighted by atomic mass is 14.2. The average Bonchev–Trinajstić information content (AvgIpc) is 2.31. The Hall–Kier alpha value is -0.780. The standard InChI is InChI=1S/C10H14.C8H16.2CH4.H2/c1-7-5-8(2)10(4)9(3)6-7;1-7-3-5-8(2)6-4-7;;;/h5-6H,1-4H3;7-8H,3-6H2,1-2H3;2*1H4;1H. The van der Waals surface area contributed by atoms with Gasteiger partial charge in [0.15, 0.2) is 0 Å². The summed E-state index contributed by atoms with van der Waals surface area (Å²) in [5.41, 5.74) is 5.58. The summed E-state index contributed by atoms with van der Waals surface area (Å²) in [6, 6.07) is 4.45. The highest BCUT2D eigenvalue weighted by Crippen LogP contribution is 2.27. The van der Waals surface area contributed by atoms with Gasteiger partial charge in [-0.25, -0.2) is 0 Å². The van der Waals surface area contributed by atoms with E-state index in [9.17, 15) is 0 Å². The van der Waals surface area contributed by atoms with Crippen molar-refractivity contribution in [2.75, 3.05) is 0 Å². The van der Waals surface area contributed by atoms with Crippen LogP contribution in [0.4, 0.5) is 0 Å². The fourth-order valence-corrected chi connectivity index (χ4v) is 2.68. The van der Waals surface area contributed by atoms with Crippen LogP contribution in [0.3, 0.4) is 0 Å². The first kappa shape index (κ1) is 21.5. The molecule has 1 saturated carbocycles. The number of rotatable bonds is 0. The molecule has 1 aromatic carbocycles.